The topological polar surface area (TPSA) is 110 Å². The number of rotatable bonds is 5. The Kier molecular flexibility index (Phi) is 8.84. The van der Waals surface area contributed by atoms with E-state index in [1.165, 1.54) is 4.90 Å². The highest BCUT2D eigenvalue weighted by molar-refractivity contribution is 5.76. The van der Waals surface area contributed by atoms with Gasteiger partial charge in [0.15, 0.2) is 0 Å². The van der Waals surface area contributed by atoms with Crippen molar-refractivity contribution in [1.29, 1.82) is 0 Å². The normalized spacial score (nSPS) is 22.2. The Morgan fingerprint density at radius 3 is 2.97 bits per heavy atom. The van der Waals surface area contributed by atoms with Gasteiger partial charge in [0.25, 0.3) is 0 Å². The summed E-state index contributed by atoms with van der Waals surface area (Å²) < 4.78 is 13.0. The standard InChI is InChI=1S/C19H33N5O5/c1-5-28-19(27)22(4)11-17-14(2)10-23(15(3)12-25)18(26)7-6-8-24-16(13-29-17)9-20-21-24/h9,14-15,17,25H,5-8,10-13H2,1-4H3/t14-,15+,17-/m1/s1. The van der Waals surface area contributed by atoms with Crippen molar-refractivity contribution in [2.75, 3.05) is 33.4 Å². The fourth-order valence-corrected chi connectivity index (χ4v) is 3.32. The second kappa shape index (κ2) is 11.1. The number of carbonyl (C=O) groups excluding carboxylic acids is 2. The lowest BCUT2D eigenvalue weighted by atomic mass is 10.0. The van der Waals surface area contributed by atoms with Crippen LogP contribution >= 0.6 is 0 Å². The maximum absolute atomic E-state index is 12.8. The van der Waals surface area contributed by atoms with Crippen LogP contribution in [0.5, 0.6) is 0 Å². The number of aromatic nitrogens is 3. The van der Waals surface area contributed by atoms with E-state index in [4.69, 9.17) is 9.47 Å². The monoisotopic (exact) mass is 411 g/mol. The van der Waals surface area contributed by atoms with Gasteiger partial charge in [0, 0.05) is 32.5 Å². The number of aliphatic hydroxyl groups excluding tert-OH is 1. The lowest BCUT2D eigenvalue weighted by molar-refractivity contribution is -0.136. The molecule has 3 atom stereocenters. The summed E-state index contributed by atoms with van der Waals surface area (Å²) in [6.07, 6.45) is 1.90. The molecule has 0 fully saturated rings. The quantitative estimate of drug-likeness (QED) is 0.766. The van der Waals surface area contributed by atoms with Crippen LogP contribution in [0.15, 0.2) is 6.20 Å². The molecule has 10 nitrogen and oxygen atoms in total. The molecule has 29 heavy (non-hydrogen) atoms. The first-order chi connectivity index (χ1) is 13.9. The molecule has 0 saturated heterocycles. The van der Waals surface area contributed by atoms with Gasteiger partial charge in [-0.1, -0.05) is 12.1 Å². The van der Waals surface area contributed by atoms with Crippen molar-refractivity contribution in [3.8, 4) is 0 Å². The summed E-state index contributed by atoms with van der Waals surface area (Å²) in [5.74, 6) is -0.0910. The van der Waals surface area contributed by atoms with Gasteiger partial charge in [-0.15, -0.1) is 5.10 Å². The molecule has 0 spiro atoms. The maximum atomic E-state index is 12.8. The lowest BCUT2D eigenvalue weighted by Crippen LogP contribution is -2.48. The van der Waals surface area contributed by atoms with E-state index in [1.54, 1.807) is 29.7 Å². The summed E-state index contributed by atoms with van der Waals surface area (Å²) in [4.78, 5) is 28.0. The van der Waals surface area contributed by atoms with Crippen LogP contribution in [0.25, 0.3) is 0 Å². The number of aliphatic hydroxyl groups is 1. The predicted octanol–water partition coefficient (Wildman–Crippen LogP) is 0.891. The van der Waals surface area contributed by atoms with E-state index in [9.17, 15) is 14.7 Å². The summed E-state index contributed by atoms with van der Waals surface area (Å²) in [5, 5.41) is 17.6. The Bertz CT molecular complexity index is 667. The molecule has 0 bridgehead atoms. The molecule has 0 aromatic carbocycles. The van der Waals surface area contributed by atoms with Gasteiger partial charge in [0.1, 0.15) is 0 Å². The van der Waals surface area contributed by atoms with E-state index >= 15 is 0 Å². The van der Waals surface area contributed by atoms with Gasteiger partial charge < -0.3 is 24.4 Å². The molecule has 0 saturated carbocycles. The Hall–Kier alpha value is -2.20. The van der Waals surface area contributed by atoms with Gasteiger partial charge in [-0.05, 0) is 20.3 Å². The van der Waals surface area contributed by atoms with Crippen LogP contribution in [0.1, 0.15) is 39.3 Å². The van der Waals surface area contributed by atoms with Crippen molar-refractivity contribution in [1.82, 2.24) is 24.8 Å². The van der Waals surface area contributed by atoms with Gasteiger partial charge in [-0.2, -0.15) is 0 Å². The third-order valence-electron chi connectivity index (χ3n) is 5.17. The number of hydrogen-bond donors (Lipinski definition) is 1. The maximum Gasteiger partial charge on any atom is 0.409 e. The number of amides is 2. The number of likely N-dealkylation sites (N-methyl/N-ethyl adjacent to an activating group) is 1. The second-order valence-corrected chi connectivity index (χ2v) is 7.54. The first kappa shape index (κ1) is 23.1. The van der Waals surface area contributed by atoms with E-state index < -0.39 is 6.09 Å². The van der Waals surface area contributed by atoms with E-state index in [0.717, 1.165) is 5.69 Å². The smallest absolute Gasteiger partial charge is 0.409 e. The first-order valence-corrected chi connectivity index (χ1v) is 10.1. The molecule has 1 aliphatic rings. The fraction of sp³-hybridized carbons (Fsp3) is 0.789. The first-order valence-electron chi connectivity index (χ1n) is 10.1. The van der Waals surface area contributed by atoms with Crippen molar-refractivity contribution >= 4 is 12.0 Å². The summed E-state index contributed by atoms with van der Waals surface area (Å²) in [7, 11) is 1.66. The average Bonchev–Trinajstić information content (AvgIpc) is 3.14. The molecule has 1 N–H and O–H groups in total. The largest absolute Gasteiger partial charge is 0.450 e. The van der Waals surface area contributed by atoms with E-state index in [-0.39, 0.29) is 30.6 Å². The SMILES string of the molecule is CCOC(=O)N(C)C[C@H]1OCc2cnnn2CCCC(=O)N([C@@H](C)CO)C[C@H]1C. The van der Waals surface area contributed by atoms with Crippen LogP contribution in [0, 0.1) is 5.92 Å². The van der Waals surface area contributed by atoms with Crippen molar-refractivity contribution in [3.05, 3.63) is 11.9 Å². The van der Waals surface area contributed by atoms with Gasteiger partial charge >= 0.3 is 6.09 Å². The zero-order chi connectivity index (χ0) is 21.4. The molecule has 164 valence electrons. The summed E-state index contributed by atoms with van der Waals surface area (Å²) >= 11 is 0. The number of aryl methyl sites for hydroxylation is 1. The van der Waals surface area contributed by atoms with Crippen molar-refractivity contribution in [2.24, 2.45) is 5.92 Å². The van der Waals surface area contributed by atoms with Crippen LogP contribution in [0.4, 0.5) is 4.79 Å². The fourth-order valence-electron chi connectivity index (χ4n) is 3.32. The molecule has 1 aromatic rings. The lowest BCUT2D eigenvalue weighted by Gasteiger charge is -2.35. The second-order valence-electron chi connectivity index (χ2n) is 7.54. The van der Waals surface area contributed by atoms with Crippen LogP contribution in [0.3, 0.4) is 0 Å². The minimum atomic E-state index is -0.419. The molecule has 2 heterocycles. The molecule has 1 aliphatic heterocycles. The highest BCUT2D eigenvalue weighted by atomic mass is 16.6. The van der Waals surface area contributed by atoms with Gasteiger partial charge in [-0.3, -0.25) is 4.79 Å². The zero-order valence-corrected chi connectivity index (χ0v) is 17.8. The molecule has 0 radical (unpaired) electrons. The summed E-state index contributed by atoms with van der Waals surface area (Å²) in [6, 6.07) is -0.293. The third-order valence-corrected chi connectivity index (χ3v) is 5.17. The number of ether oxygens (including phenoxy) is 2. The van der Waals surface area contributed by atoms with Crippen LogP contribution in [0.2, 0.25) is 0 Å². The predicted molar refractivity (Wildman–Crippen MR) is 105 cm³/mol. The van der Waals surface area contributed by atoms with Crippen molar-refractivity contribution in [3.63, 3.8) is 0 Å². The molecule has 1 aromatic heterocycles. The number of carbonyl (C=O) groups is 2. The number of hydrogen-bond acceptors (Lipinski definition) is 7. The molecule has 0 unspecified atom stereocenters. The van der Waals surface area contributed by atoms with E-state index in [1.807, 2.05) is 13.8 Å². The summed E-state index contributed by atoms with van der Waals surface area (Å²) in [5.41, 5.74) is 0.828. The highest BCUT2D eigenvalue weighted by Gasteiger charge is 2.29. The van der Waals surface area contributed by atoms with Crippen molar-refractivity contribution < 1.29 is 24.2 Å². The zero-order valence-electron chi connectivity index (χ0n) is 17.8. The van der Waals surface area contributed by atoms with Crippen LogP contribution in [-0.4, -0.2) is 87.4 Å². The number of fused-ring (bicyclic) bond motifs is 1. The Labute approximate surface area is 171 Å². The van der Waals surface area contributed by atoms with Gasteiger partial charge in [0.2, 0.25) is 5.91 Å². The molecule has 10 heteroatoms. The van der Waals surface area contributed by atoms with Crippen LogP contribution in [-0.2, 0) is 27.4 Å². The molecule has 2 rings (SSSR count). The highest BCUT2D eigenvalue weighted by Crippen LogP contribution is 2.18. The average molecular weight is 412 g/mol. The Morgan fingerprint density at radius 1 is 1.52 bits per heavy atom. The third kappa shape index (κ3) is 6.40. The van der Waals surface area contributed by atoms with E-state index in [0.29, 0.717) is 45.7 Å². The Balaban J connectivity index is 2.23. The number of nitrogens with zero attached hydrogens (tertiary/aromatic N) is 5. The minimum Gasteiger partial charge on any atom is -0.450 e. The van der Waals surface area contributed by atoms with E-state index in [2.05, 4.69) is 10.3 Å². The molecular formula is C19H33N5O5. The molecular weight excluding hydrogens is 378 g/mol. The minimum absolute atomic E-state index is 0.0156. The van der Waals surface area contributed by atoms with Gasteiger partial charge in [0.05, 0.1) is 50.4 Å². The van der Waals surface area contributed by atoms with Gasteiger partial charge in [-0.25, -0.2) is 9.48 Å². The van der Waals surface area contributed by atoms with Crippen molar-refractivity contribution in [2.45, 2.75) is 58.9 Å². The summed E-state index contributed by atoms with van der Waals surface area (Å²) in [6.45, 7) is 7.37. The van der Waals surface area contributed by atoms with Crippen LogP contribution < -0.4 is 0 Å². The Morgan fingerprint density at radius 2 is 2.28 bits per heavy atom. The molecule has 0 aliphatic carbocycles. The molecule has 2 amide bonds.